The summed E-state index contributed by atoms with van der Waals surface area (Å²) in [6, 6.07) is 0. The third kappa shape index (κ3) is 3.76. The van der Waals surface area contributed by atoms with Gasteiger partial charge in [-0.2, -0.15) is 0 Å². The lowest BCUT2D eigenvalue weighted by Crippen LogP contribution is -2.48. The van der Waals surface area contributed by atoms with Crippen LogP contribution >= 0.6 is 0 Å². The number of ether oxygens (including phenoxy) is 1. The zero-order valence-electron chi connectivity index (χ0n) is 10.9. The van der Waals surface area contributed by atoms with E-state index in [-0.39, 0.29) is 17.9 Å². The van der Waals surface area contributed by atoms with Gasteiger partial charge in [-0.3, -0.25) is 9.69 Å². The van der Waals surface area contributed by atoms with Crippen molar-refractivity contribution in [3.8, 4) is 0 Å². The molecule has 0 aromatic carbocycles. The monoisotopic (exact) mass is 228 g/mol. The van der Waals surface area contributed by atoms with Crippen molar-refractivity contribution in [2.45, 2.75) is 26.9 Å². The zero-order valence-corrected chi connectivity index (χ0v) is 10.9. The van der Waals surface area contributed by atoms with Gasteiger partial charge < -0.3 is 9.64 Å². The number of likely N-dealkylation sites (N-methyl/N-ethyl adjacent to an activating group) is 2. The summed E-state index contributed by atoms with van der Waals surface area (Å²) in [5.41, 5.74) is 0. The van der Waals surface area contributed by atoms with Gasteiger partial charge in [0.15, 0.2) is 0 Å². The molecule has 16 heavy (non-hydrogen) atoms. The molecule has 0 saturated carbocycles. The predicted octanol–water partition coefficient (Wildman–Crippen LogP) is 0.821. The third-order valence-electron chi connectivity index (χ3n) is 3.02. The molecule has 0 radical (unpaired) electrons. The smallest absolute Gasteiger partial charge is 0.224 e. The van der Waals surface area contributed by atoms with Gasteiger partial charge in [-0.1, -0.05) is 20.8 Å². The first-order valence-corrected chi connectivity index (χ1v) is 6.13. The average molecular weight is 228 g/mol. The molecule has 0 aliphatic carbocycles. The van der Waals surface area contributed by atoms with Gasteiger partial charge in [-0.25, -0.2) is 0 Å². The molecule has 4 heteroatoms. The standard InChI is InChI=1S/C12H24N2O2/c1-5-14-6-7-16-11(9-14)8-13(4)12(15)10(2)3/h10-11H,5-9H2,1-4H3/t11-/m1/s1. The second kappa shape index (κ2) is 6.21. The van der Waals surface area contributed by atoms with E-state index in [4.69, 9.17) is 4.74 Å². The summed E-state index contributed by atoms with van der Waals surface area (Å²) in [4.78, 5) is 15.9. The first kappa shape index (κ1) is 13.5. The van der Waals surface area contributed by atoms with Gasteiger partial charge in [-0.05, 0) is 6.54 Å². The zero-order chi connectivity index (χ0) is 12.1. The molecule has 94 valence electrons. The minimum atomic E-state index is 0.0656. The summed E-state index contributed by atoms with van der Waals surface area (Å²) < 4.78 is 5.68. The molecule has 0 aromatic heterocycles. The minimum absolute atomic E-state index is 0.0656. The highest BCUT2D eigenvalue weighted by Gasteiger charge is 2.23. The van der Waals surface area contributed by atoms with E-state index in [9.17, 15) is 4.79 Å². The quantitative estimate of drug-likeness (QED) is 0.714. The summed E-state index contributed by atoms with van der Waals surface area (Å²) in [6.45, 7) is 10.5. The first-order chi connectivity index (χ1) is 7.54. The van der Waals surface area contributed by atoms with E-state index in [2.05, 4.69) is 11.8 Å². The lowest BCUT2D eigenvalue weighted by atomic mass is 10.2. The van der Waals surface area contributed by atoms with Gasteiger partial charge in [0.25, 0.3) is 0 Å². The van der Waals surface area contributed by atoms with Crippen LogP contribution in [0.4, 0.5) is 0 Å². The number of morpholine rings is 1. The summed E-state index contributed by atoms with van der Waals surface area (Å²) in [7, 11) is 1.86. The molecule has 0 aromatic rings. The fourth-order valence-electron chi connectivity index (χ4n) is 2.01. The molecular weight excluding hydrogens is 204 g/mol. The molecule has 1 fully saturated rings. The van der Waals surface area contributed by atoms with E-state index >= 15 is 0 Å². The number of hydrogen-bond acceptors (Lipinski definition) is 3. The molecular formula is C12H24N2O2. The van der Waals surface area contributed by atoms with Crippen molar-refractivity contribution < 1.29 is 9.53 Å². The fourth-order valence-corrected chi connectivity index (χ4v) is 2.01. The average Bonchev–Trinajstić information content (AvgIpc) is 2.28. The Labute approximate surface area is 98.5 Å². The Bertz CT molecular complexity index is 231. The predicted molar refractivity (Wildman–Crippen MR) is 64.3 cm³/mol. The maximum atomic E-state index is 11.7. The van der Waals surface area contributed by atoms with Crippen molar-refractivity contribution >= 4 is 5.91 Å². The molecule has 1 atom stereocenters. The summed E-state index contributed by atoms with van der Waals surface area (Å²) in [5, 5.41) is 0. The highest BCUT2D eigenvalue weighted by Crippen LogP contribution is 2.08. The second-order valence-electron chi connectivity index (χ2n) is 4.76. The molecule has 1 aliphatic rings. The van der Waals surface area contributed by atoms with Crippen LogP contribution in [0.25, 0.3) is 0 Å². The van der Waals surface area contributed by atoms with Gasteiger partial charge in [0.2, 0.25) is 5.91 Å². The topological polar surface area (TPSA) is 32.8 Å². The number of carbonyl (C=O) groups is 1. The van der Waals surface area contributed by atoms with Crippen LogP contribution in [0.2, 0.25) is 0 Å². The Hall–Kier alpha value is -0.610. The molecule has 0 N–H and O–H groups in total. The van der Waals surface area contributed by atoms with Crippen LogP contribution in [-0.2, 0) is 9.53 Å². The minimum Gasteiger partial charge on any atom is -0.374 e. The van der Waals surface area contributed by atoms with Crippen LogP contribution in [0.3, 0.4) is 0 Å². The van der Waals surface area contributed by atoms with Crippen LogP contribution < -0.4 is 0 Å². The maximum Gasteiger partial charge on any atom is 0.224 e. The number of carbonyl (C=O) groups excluding carboxylic acids is 1. The van der Waals surface area contributed by atoms with Gasteiger partial charge in [0, 0.05) is 32.6 Å². The Morgan fingerprint density at radius 1 is 1.56 bits per heavy atom. The number of hydrogen-bond donors (Lipinski definition) is 0. The van der Waals surface area contributed by atoms with Crippen LogP contribution in [0.15, 0.2) is 0 Å². The van der Waals surface area contributed by atoms with Crippen molar-refractivity contribution in [3.05, 3.63) is 0 Å². The van der Waals surface area contributed by atoms with E-state index in [1.807, 2.05) is 20.9 Å². The molecule has 1 saturated heterocycles. The van der Waals surface area contributed by atoms with E-state index in [0.717, 1.165) is 26.2 Å². The van der Waals surface area contributed by atoms with Crippen LogP contribution in [0, 0.1) is 5.92 Å². The molecule has 0 unspecified atom stereocenters. The van der Waals surface area contributed by atoms with Crippen molar-refractivity contribution in [3.63, 3.8) is 0 Å². The largest absolute Gasteiger partial charge is 0.374 e. The highest BCUT2D eigenvalue weighted by atomic mass is 16.5. The molecule has 4 nitrogen and oxygen atoms in total. The Morgan fingerprint density at radius 2 is 2.25 bits per heavy atom. The van der Waals surface area contributed by atoms with Gasteiger partial charge in [-0.15, -0.1) is 0 Å². The molecule has 1 aliphatic heterocycles. The van der Waals surface area contributed by atoms with E-state index in [0.29, 0.717) is 6.54 Å². The lowest BCUT2D eigenvalue weighted by molar-refractivity contribution is -0.136. The fraction of sp³-hybridized carbons (Fsp3) is 0.917. The van der Waals surface area contributed by atoms with Crippen molar-refractivity contribution in [2.75, 3.05) is 39.8 Å². The van der Waals surface area contributed by atoms with Gasteiger partial charge in [0.1, 0.15) is 0 Å². The van der Waals surface area contributed by atoms with Crippen LogP contribution in [0.1, 0.15) is 20.8 Å². The molecule has 0 bridgehead atoms. The number of amides is 1. The van der Waals surface area contributed by atoms with Crippen molar-refractivity contribution in [2.24, 2.45) is 5.92 Å². The van der Waals surface area contributed by atoms with Crippen LogP contribution in [0.5, 0.6) is 0 Å². The summed E-state index contributed by atoms with van der Waals surface area (Å²) >= 11 is 0. The Kier molecular flexibility index (Phi) is 5.22. The first-order valence-electron chi connectivity index (χ1n) is 6.13. The number of rotatable bonds is 4. The third-order valence-corrected chi connectivity index (χ3v) is 3.02. The normalized spacial score (nSPS) is 22.4. The van der Waals surface area contributed by atoms with Gasteiger partial charge >= 0.3 is 0 Å². The second-order valence-corrected chi connectivity index (χ2v) is 4.76. The summed E-state index contributed by atoms with van der Waals surface area (Å²) in [6.07, 6.45) is 0.168. The molecule has 1 heterocycles. The Balaban J connectivity index is 2.38. The number of nitrogens with zero attached hydrogens (tertiary/aromatic N) is 2. The molecule has 1 amide bonds. The van der Waals surface area contributed by atoms with Gasteiger partial charge in [0.05, 0.1) is 12.7 Å². The van der Waals surface area contributed by atoms with Crippen LogP contribution in [-0.4, -0.2) is 61.6 Å². The van der Waals surface area contributed by atoms with E-state index in [1.54, 1.807) is 4.90 Å². The van der Waals surface area contributed by atoms with E-state index < -0.39 is 0 Å². The maximum absolute atomic E-state index is 11.7. The van der Waals surface area contributed by atoms with Crippen molar-refractivity contribution in [1.82, 2.24) is 9.80 Å². The van der Waals surface area contributed by atoms with Crippen molar-refractivity contribution in [1.29, 1.82) is 0 Å². The molecule has 1 rings (SSSR count). The van der Waals surface area contributed by atoms with E-state index in [1.165, 1.54) is 0 Å². The Morgan fingerprint density at radius 3 is 2.81 bits per heavy atom. The molecule has 0 spiro atoms. The lowest BCUT2D eigenvalue weighted by Gasteiger charge is -2.34. The highest BCUT2D eigenvalue weighted by molar-refractivity contribution is 5.77. The SMILES string of the molecule is CCN1CCO[C@H](CN(C)C(=O)C(C)C)C1. The summed E-state index contributed by atoms with van der Waals surface area (Å²) in [5.74, 6) is 0.257.